The van der Waals surface area contributed by atoms with Crippen molar-refractivity contribution in [2.45, 2.75) is 0 Å². The minimum Gasteiger partial charge on any atom is -0.478 e. The van der Waals surface area contributed by atoms with E-state index >= 15 is 0 Å². The van der Waals surface area contributed by atoms with Crippen LogP contribution in [0.1, 0.15) is 11.1 Å². The Hall–Kier alpha value is -3.07. The fourth-order valence-electron chi connectivity index (χ4n) is 2.51. The Labute approximate surface area is 128 Å². The van der Waals surface area contributed by atoms with Gasteiger partial charge in [0.2, 0.25) is 0 Å². The smallest absolute Gasteiger partial charge is 0.336 e. The van der Waals surface area contributed by atoms with Crippen molar-refractivity contribution >= 4 is 34.1 Å². The molecule has 3 nitrogen and oxygen atoms in total. The summed E-state index contributed by atoms with van der Waals surface area (Å²) in [5.41, 5.74) is 8.10. The first-order chi connectivity index (χ1) is 10.7. The SMILES string of the molecule is Nc1ccccc1/C=C(/C(=O)O)c1cccc2ccccc12. The standard InChI is InChI=1S/C19H15NO2/c20-18-11-4-2-7-14(18)12-17(19(21)22)16-10-5-8-13-6-1-3-9-15(13)16/h1-12H,20H2,(H,21,22)/b17-12+. The Morgan fingerprint density at radius 2 is 1.59 bits per heavy atom. The third kappa shape index (κ3) is 2.56. The third-order valence-electron chi connectivity index (χ3n) is 3.61. The molecule has 0 saturated heterocycles. The molecule has 0 saturated carbocycles. The predicted octanol–water partition coefficient (Wildman–Crippen LogP) is 4.05. The summed E-state index contributed by atoms with van der Waals surface area (Å²) in [6.45, 7) is 0. The third-order valence-corrected chi connectivity index (χ3v) is 3.61. The van der Waals surface area contributed by atoms with Crippen LogP contribution in [0.4, 0.5) is 5.69 Å². The summed E-state index contributed by atoms with van der Waals surface area (Å²) >= 11 is 0. The molecule has 3 aromatic carbocycles. The van der Waals surface area contributed by atoms with E-state index in [1.165, 1.54) is 0 Å². The fourth-order valence-corrected chi connectivity index (χ4v) is 2.51. The highest BCUT2D eigenvalue weighted by Gasteiger charge is 2.14. The molecule has 0 spiro atoms. The number of hydrogen-bond acceptors (Lipinski definition) is 2. The number of benzene rings is 3. The number of hydrogen-bond donors (Lipinski definition) is 2. The summed E-state index contributed by atoms with van der Waals surface area (Å²) in [6.07, 6.45) is 1.62. The molecule has 3 rings (SSSR count). The van der Waals surface area contributed by atoms with Crippen LogP contribution in [-0.2, 0) is 4.79 Å². The second-order valence-electron chi connectivity index (χ2n) is 5.02. The Kier molecular flexibility index (Phi) is 3.62. The van der Waals surface area contributed by atoms with Crippen molar-refractivity contribution in [3.05, 3.63) is 77.9 Å². The van der Waals surface area contributed by atoms with Crippen molar-refractivity contribution in [3.8, 4) is 0 Å². The van der Waals surface area contributed by atoms with Gasteiger partial charge in [-0.25, -0.2) is 4.79 Å². The van der Waals surface area contributed by atoms with Gasteiger partial charge in [-0.3, -0.25) is 0 Å². The number of nitrogens with two attached hydrogens (primary N) is 1. The molecule has 0 radical (unpaired) electrons. The van der Waals surface area contributed by atoms with E-state index in [9.17, 15) is 9.90 Å². The van der Waals surface area contributed by atoms with Gasteiger partial charge in [-0.2, -0.15) is 0 Å². The number of para-hydroxylation sites is 1. The summed E-state index contributed by atoms with van der Waals surface area (Å²) in [7, 11) is 0. The van der Waals surface area contributed by atoms with E-state index in [1.807, 2.05) is 60.7 Å². The second kappa shape index (κ2) is 5.74. The van der Waals surface area contributed by atoms with Gasteiger partial charge in [0.25, 0.3) is 0 Å². The average Bonchev–Trinajstić information content (AvgIpc) is 2.53. The molecule has 3 heteroatoms. The molecular formula is C19H15NO2. The minimum atomic E-state index is -0.973. The molecule has 0 aromatic heterocycles. The zero-order valence-electron chi connectivity index (χ0n) is 11.9. The number of carboxylic acid groups (broad SMARTS) is 1. The molecule has 108 valence electrons. The summed E-state index contributed by atoms with van der Waals surface area (Å²) in [5.74, 6) is -0.973. The molecule has 3 N–H and O–H groups in total. The van der Waals surface area contributed by atoms with Gasteiger partial charge in [-0.1, -0.05) is 60.7 Å². The van der Waals surface area contributed by atoms with Crippen LogP contribution < -0.4 is 5.73 Å². The molecule has 0 aliphatic carbocycles. The molecule has 0 unspecified atom stereocenters. The Bertz CT molecular complexity index is 876. The maximum atomic E-state index is 11.8. The molecule has 0 fully saturated rings. The van der Waals surface area contributed by atoms with E-state index in [1.54, 1.807) is 12.1 Å². The highest BCUT2D eigenvalue weighted by atomic mass is 16.4. The van der Waals surface area contributed by atoms with Crippen molar-refractivity contribution in [1.29, 1.82) is 0 Å². The Morgan fingerprint density at radius 3 is 2.36 bits per heavy atom. The number of aliphatic carboxylic acids is 1. The number of nitrogen functional groups attached to an aromatic ring is 1. The first-order valence-corrected chi connectivity index (χ1v) is 6.94. The summed E-state index contributed by atoms with van der Waals surface area (Å²) in [4.78, 5) is 11.8. The van der Waals surface area contributed by atoms with Gasteiger partial charge in [0.15, 0.2) is 0 Å². The van der Waals surface area contributed by atoms with Crippen molar-refractivity contribution in [3.63, 3.8) is 0 Å². The quantitative estimate of drug-likeness (QED) is 0.434. The topological polar surface area (TPSA) is 63.3 Å². The summed E-state index contributed by atoms with van der Waals surface area (Å²) in [5, 5.41) is 11.5. The first kappa shape index (κ1) is 13.9. The number of carboxylic acids is 1. The lowest BCUT2D eigenvalue weighted by atomic mass is 9.96. The van der Waals surface area contributed by atoms with Gasteiger partial charge in [0.05, 0.1) is 5.57 Å². The molecule has 0 amide bonds. The number of rotatable bonds is 3. The van der Waals surface area contributed by atoms with Crippen molar-refractivity contribution in [2.24, 2.45) is 0 Å². The summed E-state index contributed by atoms with van der Waals surface area (Å²) in [6, 6.07) is 20.6. The van der Waals surface area contributed by atoms with Crippen LogP contribution in [0.5, 0.6) is 0 Å². The highest BCUT2D eigenvalue weighted by Crippen LogP contribution is 2.28. The van der Waals surface area contributed by atoms with Gasteiger partial charge in [0, 0.05) is 5.69 Å². The van der Waals surface area contributed by atoms with E-state index in [4.69, 9.17) is 5.73 Å². The van der Waals surface area contributed by atoms with Crippen molar-refractivity contribution < 1.29 is 9.90 Å². The van der Waals surface area contributed by atoms with Gasteiger partial charge in [0.1, 0.15) is 0 Å². The van der Waals surface area contributed by atoms with E-state index in [-0.39, 0.29) is 5.57 Å². The first-order valence-electron chi connectivity index (χ1n) is 6.94. The van der Waals surface area contributed by atoms with Crippen LogP contribution in [0.25, 0.3) is 22.4 Å². The zero-order valence-corrected chi connectivity index (χ0v) is 11.9. The van der Waals surface area contributed by atoms with Crippen LogP contribution in [-0.4, -0.2) is 11.1 Å². The lowest BCUT2D eigenvalue weighted by Crippen LogP contribution is -2.01. The summed E-state index contributed by atoms with van der Waals surface area (Å²) < 4.78 is 0. The zero-order chi connectivity index (χ0) is 15.5. The molecule has 0 heterocycles. The maximum absolute atomic E-state index is 11.8. The van der Waals surface area contributed by atoms with Crippen LogP contribution in [0.3, 0.4) is 0 Å². The molecule has 0 bridgehead atoms. The van der Waals surface area contributed by atoms with Crippen LogP contribution >= 0.6 is 0 Å². The van der Waals surface area contributed by atoms with E-state index in [2.05, 4.69) is 0 Å². The van der Waals surface area contributed by atoms with Gasteiger partial charge in [-0.05, 0) is 34.0 Å². The van der Waals surface area contributed by atoms with E-state index < -0.39 is 5.97 Å². The van der Waals surface area contributed by atoms with Gasteiger partial charge < -0.3 is 10.8 Å². The lowest BCUT2D eigenvalue weighted by Gasteiger charge is -2.08. The van der Waals surface area contributed by atoms with Crippen LogP contribution in [0, 0.1) is 0 Å². The molecule has 22 heavy (non-hydrogen) atoms. The normalized spacial score (nSPS) is 11.5. The molecule has 3 aromatic rings. The monoisotopic (exact) mass is 289 g/mol. The molecule has 0 atom stereocenters. The number of fused-ring (bicyclic) bond motifs is 1. The van der Waals surface area contributed by atoms with Gasteiger partial charge in [-0.15, -0.1) is 0 Å². The largest absolute Gasteiger partial charge is 0.478 e. The lowest BCUT2D eigenvalue weighted by molar-refractivity contribution is -0.130. The number of carbonyl (C=O) groups is 1. The molecular weight excluding hydrogens is 274 g/mol. The van der Waals surface area contributed by atoms with E-state index in [0.29, 0.717) is 16.8 Å². The van der Waals surface area contributed by atoms with Crippen molar-refractivity contribution in [2.75, 3.05) is 5.73 Å². The van der Waals surface area contributed by atoms with Gasteiger partial charge >= 0.3 is 5.97 Å². The second-order valence-corrected chi connectivity index (χ2v) is 5.02. The molecule has 0 aliphatic heterocycles. The van der Waals surface area contributed by atoms with Crippen LogP contribution in [0.2, 0.25) is 0 Å². The Morgan fingerprint density at radius 1 is 0.909 bits per heavy atom. The minimum absolute atomic E-state index is 0.231. The fraction of sp³-hybridized carbons (Fsp3) is 0. The van der Waals surface area contributed by atoms with Crippen LogP contribution in [0.15, 0.2) is 66.7 Å². The Balaban J connectivity index is 2.24. The highest BCUT2D eigenvalue weighted by molar-refractivity contribution is 6.24. The average molecular weight is 289 g/mol. The maximum Gasteiger partial charge on any atom is 0.336 e. The molecule has 0 aliphatic rings. The van der Waals surface area contributed by atoms with Crippen molar-refractivity contribution in [1.82, 2.24) is 0 Å². The predicted molar refractivity (Wildman–Crippen MR) is 90.3 cm³/mol. The van der Waals surface area contributed by atoms with E-state index in [0.717, 1.165) is 10.8 Å². The number of anilines is 1.